The molecular weight excluding hydrogens is 304 g/mol. The van der Waals surface area contributed by atoms with E-state index in [1.807, 2.05) is 40.0 Å². The van der Waals surface area contributed by atoms with Crippen LogP contribution in [0.4, 0.5) is 21.9 Å². The molecule has 0 saturated carbocycles. The molecule has 1 amide bonds. The minimum absolute atomic E-state index is 0.499. The van der Waals surface area contributed by atoms with Crippen molar-refractivity contribution in [2.75, 3.05) is 16.4 Å². The van der Waals surface area contributed by atoms with E-state index in [-0.39, 0.29) is 0 Å². The summed E-state index contributed by atoms with van der Waals surface area (Å²) in [5.41, 5.74) is 9.65. The van der Waals surface area contributed by atoms with E-state index in [9.17, 15) is 4.79 Å². The van der Waals surface area contributed by atoms with Crippen LogP contribution < -0.4 is 16.4 Å². The first-order valence-corrected chi connectivity index (χ1v) is 7.77. The second-order valence-electron chi connectivity index (χ2n) is 6.58. The third-order valence-electron chi connectivity index (χ3n) is 3.32. The van der Waals surface area contributed by atoms with Gasteiger partial charge in [-0.3, -0.25) is 10.3 Å². The zero-order chi connectivity index (χ0) is 17.7. The van der Waals surface area contributed by atoms with Crippen molar-refractivity contribution < 1.29 is 9.53 Å². The molecule has 0 aliphatic rings. The molecule has 0 fully saturated rings. The predicted octanol–water partition coefficient (Wildman–Crippen LogP) is 3.93. The molecule has 1 aromatic carbocycles. The quantitative estimate of drug-likeness (QED) is 0.740. The molecule has 0 unspecified atom stereocenters. The van der Waals surface area contributed by atoms with Crippen LogP contribution in [0.2, 0.25) is 0 Å². The summed E-state index contributed by atoms with van der Waals surface area (Å²) in [4.78, 5) is 16.0. The van der Waals surface area contributed by atoms with Crippen LogP contribution in [-0.4, -0.2) is 16.7 Å². The van der Waals surface area contributed by atoms with Crippen LogP contribution in [0.25, 0.3) is 0 Å². The van der Waals surface area contributed by atoms with Gasteiger partial charge < -0.3 is 15.8 Å². The number of anilines is 3. The number of nitrogen functional groups attached to an aromatic ring is 1. The van der Waals surface area contributed by atoms with Gasteiger partial charge in [-0.15, -0.1) is 0 Å². The molecule has 0 saturated heterocycles. The lowest BCUT2D eigenvalue weighted by molar-refractivity contribution is 0.0636. The molecule has 0 bridgehead atoms. The number of nitrogens with zero attached hydrogens (tertiary/aromatic N) is 1. The number of aryl methyl sites for hydroxylation is 1. The molecule has 24 heavy (non-hydrogen) atoms. The number of hydrogen-bond donors (Lipinski definition) is 3. The number of carbonyl (C=O) groups excluding carboxylic acids is 1. The van der Waals surface area contributed by atoms with Crippen LogP contribution in [-0.2, 0) is 11.3 Å². The average molecular weight is 328 g/mol. The highest BCUT2D eigenvalue weighted by Crippen LogP contribution is 2.24. The Morgan fingerprint density at radius 2 is 2.04 bits per heavy atom. The maximum absolute atomic E-state index is 11.9. The van der Waals surface area contributed by atoms with Gasteiger partial charge in [0.15, 0.2) is 0 Å². The average Bonchev–Trinajstić information content (AvgIpc) is 2.47. The fourth-order valence-electron chi connectivity index (χ4n) is 2.08. The van der Waals surface area contributed by atoms with Crippen LogP contribution in [0.1, 0.15) is 31.9 Å². The Morgan fingerprint density at radius 1 is 1.29 bits per heavy atom. The predicted molar refractivity (Wildman–Crippen MR) is 97.0 cm³/mol. The number of amides is 1. The molecule has 0 radical (unpaired) electrons. The summed E-state index contributed by atoms with van der Waals surface area (Å²) >= 11 is 0. The Hall–Kier alpha value is -2.76. The van der Waals surface area contributed by atoms with Gasteiger partial charge in [0.1, 0.15) is 5.60 Å². The summed E-state index contributed by atoms with van der Waals surface area (Å²) in [6.45, 7) is 8.08. The molecule has 0 aliphatic heterocycles. The third-order valence-corrected chi connectivity index (χ3v) is 3.32. The molecule has 2 rings (SSSR count). The van der Waals surface area contributed by atoms with Crippen LogP contribution in [0.15, 0.2) is 36.7 Å². The van der Waals surface area contributed by atoms with E-state index in [1.54, 1.807) is 24.4 Å². The third kappa shape index (κ3) is 5.15. The fourth-order valence-corrected chi connectivity index (χ4v) is 2.08. The second-order valence-corrected chi connectivity index (χ2v) is 6.58. The van der Waals surface area contributed by atoms with Crippen molar-refractivity contribution in [2.45, 2.75) is 39.8 Å². The normalized spacial score (nSPS) is 11.0. The Balaban J connectivity index is 2.06. The topological polar surface area (TPSA) is 89.3 Å². The maximum atomic E-state index is 11.9. The number of ether oxygens (including phenoxy) is 1. The van der Waals surface area contributed by atoms with E-state index < -0.39 is 11.7 Å². The van der Waals surface area contributed by atoms with Gasteiger partial charge in [0.2, 0.25) is 0 Å². The highest BCUT2D eigenvalue weighted by molar-refractivity contribution is 5.87. The largest absolute Gasteiger partial charge is 0.444 e. The number of nitrogens with one attached hydrogen (secondary N) is 2. The molecule has 4 N–H and O–H groups in total. The first-order valence-electron chi connectivity index (χ1n) is 7.77. The minimum atomic E-state index is -0.545. The Labute approximate surface area is 142 Å². The molecule has 1 aromatic heterocycles. The van der Waals surface area contributed by atoms with Gasteiger partial charge in [-0.25, -0.2) is 4.79 Å². The smallest absolute Gasteiger partial charge is 0.412 e. The molecule has 128 valence electrons. The Kier molecular flexibility index (Phi) is 5.28. The van der Waals surface area contributed by atoms with Crippen LogP contribution in [0.3, 0.4) is 0 Å². The number of nitrogens with two attached hydrogens (primary N) is 1. The minimum Gasteiger partial charge on any atom is -0.444 e. The van der Waals surface area contributed by atoms with Gasteiger partial charge in [0, 0.05) is 24.6 Å². The summed E-state index contributed by atoms with van der Waals surface area (Å²) in [5, 5.41) is 5.98. The highest BCUT2D eigenvalue weighted by Gasteiger charge is 2.16. The SMILES string of the molecule is Cc1ccncc1CNc1cc(NC(=O)OC(C)(C)C)ccc1N. The summed E-state index contributed by atoms with van der Waals surface area (Å²) in [6, 6.07) is 7.22. The van der Waals surface area contributed by atoms with Gasteiger partial charge in [0.25, 0.3) is 0 Å². The van der Waals surface area contributed by atoms with Gasteiger partial charge >= 0.3 is 6.09 Å². The van der Waals surface area contributed by atoms with E-state index in [4.69, 9.17) is 10.5 Å². The lowest BCUT2D eigenvalue weighted by Crippen LogP contribution is -2.27. The molecule has 0 aliphatic carbocycles. The molecule has 0 spiro atoms. The maximum Gasteiger partial charge on any atom is 0.412 e. The first-order chi connectivity index (χ1) is 11.2. The highest BCUT2D eigenvalue weighted by atomic mass is 16.6. The standard InChI is InChI=1S/C18H24N4O2/c1-12-7-8-20-10-13(12)11-21-16-9-14(5-6-15(16)19)22-17(23)24-18(2,3)4/h5-10,21H,11,19H2,1-4H3,(H,22,23). The van der Waals surface area contributed by atoms with Crippen LogP contribution >= 0.6 is 0 Å². The molecule has 2 aromatic rings. The van der Waals surface area contributed by atoms with Crippen molar-refractivity contribution in [3.63, 3.8) is 0 Å². The van der Waals surface area contributed by atoms with E-state index in [0.29, 0.717) is 17.9 Å². The number of hydrogen-bond acceptors (Lipinski definition) is 5. The Bertz CT molecular complexity index is 723. The molecule has 6 nitrogen and oxygen atoms in total. The number of carbonyl (C=O) groups is 1. The van der Waals surface area contributed by atoms with Crippen molar-refractivity contribution in [1.29, 1.82) is 0 Å². The monoisotopic (exact) mass is 328 g/mol. The van der Waals surface area contributed by atoms with E-state index in [0.717, 1.165) is 16.8 Å². The molecular formula is C18H24N4O2. The zero-order valence-corrected chi connectivity index (χ0v) is 14.5. The number of benzene rings is 1. The Morgan fingerprint density at radius 3 is 2.71 bits per heavy atom. The van der Waals surface area contributed by atoms with Crippen molar-refractivity contribution in [2.24, 2.45) is 0 Å². The van der Waals surface area contributed by atoms with Gasteiger partial charge in [0.05, 0.1) is 11.4 Å². The summed E-state index contributed by atoms with van der Waals surface area (Å²) in [7, 11) is 0. The molecule has 6 heteroatoms. The van der Waals surface area contributed by atoms with Gasteiger partial charge in [-0.2, -0.15) is 0 Å². The summed E-state index contributed by atoms with van der Waals surface area (Å²) < 4.78 is 5.25. The molecule has 0 atom stereocenters. The number of pyridine rings is 1. The lowest BCUT2D eigenvalue weighted by atomic mass is 10.1. The van der Waals surface area contributed by atoms with Gasteiger partial charge in [-0.05, 0) is 63.1 Å². The van der Waals surface area contributed by atoms with Crippen molar-refractivity contribution in [3.05, 3.63) is 47.8 Å². The summed E-state index contributed by atoms with van der Waals surface area (Å²) in [6.07, 6.45) is 3.08. The van der Waals surface area contributed by atoms with Crippen molar-refractivity contribution >= 4 is 23.2 Å². The van der Waals surface area contributed by atoms with Gasteiger partial charge in [-0.1, -0.05) is 0 Å². The fraction of sp³-hybridized carbons (Fsp3) is 0.333. The van der Waals surface area contributed by atoms with Crippen molar-refractivity contribution in [1.82, 2.24) is 4.98 Å². The zero-order valence-electron chi connectivity index (χ0n) is 14.5. The van der Waals surface area contributed by atoms with Crippen LogP contribution in [0, 0.1) is 6.92 Å². The lowest BCUT2D eigenvalue weighted by Gasteiger charge is -2.20. The van der Waals surface area contributed by atoms with E-state index in [2.05, 4.69) is 15.6 Å². The van der Waals surface area contributed by atoms with E-state index >= 15 is 0 Å². The second kappa shape index (κ2) is 7.21. The summed E-state index contributed by atoms with van der Waals surface area (Å²) in [5.74, 6) is 0. The van der Waals surface area contributed by atoms with Crippen LogP contribution in [0.5, 0.6) is 0 Å². The van der Waals surface area contributed by atoms with E-state index in [1.165, 1.54) is 0 Å². The number of rotatable bonds is 4. The first kappa shape index (κ1) is 17.6. The number of aromatic nitrogens is 1. The van der Waals surface area contributed by atoms with Crippen molar-refractivity contribution in [3.8, 4) is 0 Å². The molecule has 1 heterocycles.